The van der Waals surface area contributed by atoms with Crippen molar-refractivity contribution >= 4 is 49.8 Å². The van der Waals surface area contributed by atoms with Crippen LogP contribution in [0.1, 0.15) is 0 Å². The van der Waals surface area contributed by atoms with Gasteiger partial charge in [-0.25, -0.2) is 0 Å². The van der Waals surface area contributed by atoms with Gasteiger partial charge in [0.15, 0.2) is 0 Å². The largest absolute Gasteiger partial charge is 0.455 e. The highest BCUT2D eigenvalue weighted by atomic mass is 16.3. The summed E-state index contributed by atoms with van der Waals surface area (Å²) in [4.78, 5) is 2.37. The molecule has 7 aromatic carbocycles. The number of benzene rings is 7. The predicted molar refractivity (Wildman–Crippen MR) is 177 cm³/mol. The number of para-hydroxylation sites is 2. The quantitative estimate of drug-likeness (QED) is 0.217. The van der Waals surface area contributed by atoms with Crippen LogP contribution in [0, 0.1) is 0 Å². The third kappa shape index (κ3) is 4.13. The molecule has 8 aromatic rings. The number of nitrogens with zero attached hydrogens (tertiary/aromatic N) is 1. The van der Waals surface area contributed by atoms with Gasteiger partial charge in [0.05, 0.1) is 5.69 Å². The summed E-state index contributed by atoms with van der Waals surface area (Å²) in [7, 11) is 0. The normalized spacial score (nSPS) is 11.3. The molecule has 0 aliphatic carbocycles. The van der Waals surface area contributed by atoms with Crippen LogP contribution in [0.15, 0.2) is 168 Å². The first-order valence-corrected chi connectivity index (χ1v) is 14.3. The molecule has 2 nitrogen and oxygen atoms in total. The van der Waals surface area contributed by atoms with Crippen LogP contribution in [0.25, 0.3) is 55.0 Å². The lowest BCUT2D eigenvalue weighted by atomic mass is 9.99. The molecule has 1 aromatic heterocycles. The molecule has 1 heterocycles. The van der Waals surface area contributed by atoms with Crippen molar-refractivity contribution in [1.82, 2.24) is 0 Å². The maximum atomic E-state index is 6.41. The van der Waals surface area contributed by atoms with Crippen LogP contribution in [0.5, 0.6) is 0 Å². The number of anilines is 3. The third-order valence-corrected chi connectivity index (χ3v) is 8.05. The average molecular weight is 538 g/mol. The first-order valence-electron chi connectivity index (χ1n) is 14.3. The van der Waals surface area contributed by atoms with Gasteiger partial charge in [-0.3, -0.25) is 0 Å². The minimum absolute atomic E-state index is 0.905. The minimum Gasteiger partial charge on any atom is -0.455 e. The van der Waals surface area contributed by atoms with E-state index in [-0.39, 0.29) is 0 Å². The molecule has 198 valence electrons. The topological polar surface area (TPSA) is 16.4 Å². The summed E-state index contributed by atoms with van der Waals surface area (Å²) in [6, 6.07) is 57.9. The van der Waals surface area contributed by atoms with Gasteiger partial charge in [-0.15, -0.1) is 0 Å². The molecule has 0 spiro atoms. The fraction of sp³-hybridized carbons (Fsp3) is 0. The van der Waals surface area contributed by atoms with E-state index in [4.69, 9.17) is 4.42 Å². The Morgan fingerprint density at radius 1 is 0.357 bits per heavy atom. The molecule has 2 heteroatoms. The molecule has 42 heavy (non-hydrogen) atoms. The van der Waals surface area contributed by atoms with Crippen molar-refractivity contribution in [2.75, 3.05) is 4.90 Å². The monoisotopic (exact) mass is 537 g/mol. The second-order valence-electron chi connectivity index (χ2n) is 10.6. The Morgan fingerprint density at radius 3 is 1.67 bits per heavy atom. The predicted octanol–water partition coefficient (Wildman–Crippen LogP) is 11.5. The summed E-state index contributed by atoms with van der Waals surface area (Å²) in [5.74, 6) is 0. The maximum Gasteiger partial charge on any atom is 0.143 e. The van der Waals surface area contributed by atoms with E-state index < -0.39 is 0 Å². The molecule has 0 atom stereocenters. The zero-order chi connectivity index (χ0) is 27.9. The van der Waals surface area contributed by atoms with Crippen LogP contribution >= 0.6 is 0 Å². The maximum absolute atomic E-state index is 6.41. The van der Waals surface area contributed by atoms with Gasteiger partial charge in [-0.1, -0.05) is 127 Å². The molecule has 8 rings (SSSR count). The number of hydrogen-bond donors (Lipinski definition) is 0. The summed E-state index contributed by atoms with van der Waals surface area (Å²) in [6.07, 6.45) is 0. The van der Waals surface area contributed by atoms with Crippen molar-refractivity contribution in [3.8, 4) is 22.3 Å². The molecule has 0 fully saturated rings. The zero-order valence-corrected chi connectivity index (χ0v) is 22.9. The summed E-state index contributed by atoms with van der Waals surface area (Å²) in [6.45, 7) is 0. The second kappa shape index (κ2) is 10.1. The van der Waals surface area contributed by atoms with E-state index in [0.717, 1.165) is 49.8 Å². The van der Waals surface area contributed by atoms with Crippen molar-refractivity contribution in [3.63, 3.8) is 0 Å². The Bertz CT molecular complexity index is 2180. The average Bonchev–Trinajstić information content (AvgIpc) is 3.45. The fourth-order valence-corrected chi connectivity index (χ4v) is 6.03. The summed E-state index contributed by atoms with van der Waals surface area (Å²) in [5, 5.41) is 4.49. The molecule has 0 amide bonds. The first-order chi connectivity index (χ1) is 20.8. The highest BCUT2D eigenvalue weighted by Crippen LogP contribution is 2.44. The molecule has 0 unspecified atom stereocenters. The van der Waals surface area contributed by atoms with E-state index in [1.54, 1.807) is 0 Å². The molecular formula is C40H27NO. The summed E-state index contributed by atoms with van der Waals surface area (Å²) < 4.78 is 6.41. The smallest absolute Gasteiger partial charge is 0.143 e. The highest BCUT2D eigenvalue weighted by molar-refractivity contribution is 6.19. The lowest BCUT2D eigenvalue weighted by molar-refractivity contribution is 0.672. The summed E-state index contributed by atoms with van der Waals surface area (Å²) in [5.41, 5.74) is 9.95. The van der Waals surface area contributed by atoms with Crippen molar-refractivity contribution in [1.29, 1.82) is 0 Å². The van der Waals surface area contributed by atoms with Crippen LogP contribution in [0.3, 0.4) is 0 Å². The Hall–Kier alpha value is -5.60. The van der Waals surface area contributed by atoms with Crippen LogP contribution < -0.4 is 4.90 Å². The van der Waals surface area contributed by atoms with Crippen LogP contribution in [0.2, 0.25) is 0 Å². The molecular weight excluding hydrogens is 510 g/mol. The van der Waals surface area contributed by atoms with Crippen LogP contribution in [-0.4, -0.2) is 0 Å². The van der Waals surface area contributed by atoms with Gasteiger partial charge in [0, 0.05) is 32.9 Å². The van der Waals surface area contributed by atoms with E-state index in [9.17, 15) is 0 Å². The van der Waals surface area contributed by atoms with Crippen molar-refractivity contribution < 1.29 is 4.42 Å². The SMILES string of the molecule is c1ccc(-c2ccc(-c3cccc(N(c4ccccc4)c4cc5c6ccccc6oc5c5ccccc45)c3)cc2)cc1. The molecule has 0 saturated carbocycles. The van der Waals surface area contributed by atoms with Gasteiger partial charge in [-0.05, 0) is 58.7 Å². The molecule has 0 bridgehead atoms. The van der Waals surface area contributed by atoms with E-state index in [1.165, 1.54) is 22.3 Å². The van der Waals surface area contributed by atoms with Crippen LogP contribution in [-0.2, 0) is 0 Å². The Labute approximate surface area is 244 Å². The van der Waals surface area contributed by atoms with Gasteiger partial charge < -0.3 is 9.32 Å². The van der Waals surface area contributed by atoms with E-state index >= 15 is 0 Å². The molecule has 0 N–H and O–H groups in total. The van der Waals surface area contributed by atoms with E-state index in [2.05, 4.69) is 157 Å². The molecule has 0 aliphatic heterocycles. The fourth-order valence-electron chi connectivity index (χ4n) is 6.03. The zero-order valence-electron chi connectivity index (χ0n) is 22.9. The Kier molecular flexibility index (Phi) is 5.82. The number of rotatable bonds is 5. The summed E-state index contributed by atoms with van der Waals surface area (Å²) >= 11 is 0. The van der Waals surface area contributed by atoms with E-state index in [1.807, 2.05) is 12.1 Å². The van der Waals surface area contributed by atoms with Gasteiger partial charge in [0.1, 0.15) is 11.2 Å². The lowest BCUT2D eigenvalue weighted by Crippen LogP contribution is -2.10. The first kappa shape index (κ1) is 24.2. The minimum atomic E-state index is 0.905. The molecule has 0 saturated heterocycles. The Balaban J connectivity index is 1.32. The number of fused-ring (bicyclic) bond motifs is 5. The third-order valence-electron chi connectivity index (χ3n) is 8.05. The van der Waals surface area contributed by atoms with Gasteiger partial charge in [0.2, 0.25) is 0 Å². The van der Waals surface area contributed by atoms with Crippen molar-refractivity contribution in [2.24, 2.45) is 0 Å². The molecule has 0 radical (unpaired) electrons. The number of furan rings is 1. The van der Waals surface area contributed by atoms with Gasteiger partial charge in [-0.2, -0.15) is 0 Å². The van der Waals surface area contributed by atoms with Gasteiger partial charge in [0.25, 0.3) is 0 Å². The highest BCUT2D eigenvalue weighted by Gasteiger charge is 2.20. The second-order valence-corrected chi connectivity index (χ2v) is 10.6. The Morgan fingerprint density at radius 2 is 0.905 bits per heavy atom. The van der Waals surface area contributed by atoms with Crippen molar-refractivity contribution in [2.45, 2.75) is 0 Å². The standard InChI is InChI=1S/C40H27NO/c1-3-12-28(13-4-1)29-22-24-30(25-23-29)31-14-11-17-33(26-31)41(32-15-5-2-6-16-32)38-27-37-35-19-9-10-21-39(35)42-40(37)36-20-8-7-18-34(36)38/h1-27H. The number of hydrogen-bond acceptors (Lipinski definition) is 2. The van der Waals surface area contributed by atoms with Crippen molar-refractivity contribution in [3.05, 3.63) is 164 Å². The van der Waals surface area contributed by atoms with Gasteiger partial charge >= 0.3 is 0 Å². The lowest BCUT2D eigenvalue weighted by Gasteiger charge is -2.27. The molecule has 0 aliphatic rings. The van der Waals surface area contributed by atoms with E-state index in [0.29, 0.717) is 0 Å². The van der Waals surface area contributed by atoms with Crippen LogP contribution in [0.4, 0.5) is 17.1 Å².